The maximum Gasteiger partial charge on any atom is 0.289 e. The monoisotopic (exact) mass is 407 g/mol. The second-order valence-corrected chi connectivity index (χ2v) is 8.40. The molecule has 1 saturated heterocycles. The Kier molecular flexibility index (Phi) is 7.97. The van der Waals surface area contributed by atoms with Crippen molar-refractivity contribution in [2.24, 2.45) is 5.41 Å². The zero-order valence-electron chi connectivity index (χ0n) is 15.2. The molecule has 1 aromatic carbocycles. The largest absolute Gasteiger partial charge is 0.384 e. The lowest BCUT2D eigenvalue weighted by atomic mass is 9.80. The topological polar surface area (TPSA) is 111 Å². The van der Waals surface area contributed by atoms with Gasteiger partial charge in [-0.05, 0) is 57.0 Å². The van der Waals surface area contributed by atoms with E-state index in [1.54, 1.807) is 21.0 Å². The van der Waals surface area contributed by atoms with Gasteiger partial charge in [0, 0.05) is 25.1 Å². The van der Waals surface area contributed by atoms with Crippen LogP contribution in [0, 0.1) is 29.4 Å². The zero-order valence-corrected chi connectivity index (χ0v) is 16.8. The number of methoxy groups -OCH3 is 1. The van der Waals surface area contributed by atoms with E-state index < -0.39 is 20.6 Å². The fourth-order valence-electron chi connectivity index (χ4n) is 3.09. The van der Waals surface area contributed by atoms with Gasteiger partial charge in [-0.15, -0.1) is 12.4 Å². The summed E-state index contributed by atoms with van der Waals surface area (Å²) < 4.78 is 33.3. The third-order valence-electron chi connectivity index (χ3n) is 4.81. The Morgan fingerprint density at radius 1 is 1.27 bits per heavy atom. The highest BCUT2D eigenvalue weighted by Crippen LogP contribution is 2.31. The average molecular weight is 408 g/mol. The van der Waals surface area contributed by atoms with Crippen LogP contribution in [0.1, 0.15) is 24.0 Å². The Morgan fingerprint density at radius 3 is 2.38 bits per heavy atom. The molecule has 0 aliphatic carbocycles. The number of hydrogen-bond donors (Lipinski definition) is 2. The van der Waals surface area contributed by atoms with Crippen LogP contribution in [0.3, 0.4) is 0 Å². The number of halogens is 1. The van der Waals surface area contributed by atoms with E-state index in [0.29, 0.717) is 17.7 Å². The zero-order chi connectivity index (χ0) is 18.7. The minimum Gasteiger partial charge on any atom is -0.384 e. The number of ether oxygens (including phenoxy) is 1. The van der Waals surface area contributed by atoms with Crippen LogP contribution in [-0.2, 0) is 14.8 Å². The molecule has 0 saturated carbocycles. The SMILES string of the molecule is COCC1(CNS(=O)(=O)c2cc(C)c(C)cc2[N+](=O)[O-])CCNCC1.Cl. The van der Waals surface area contributed by atoms with Crippen LogP contribution in [0.15, 0.2) is 17.0 Å². The number of rotatable bonds is 7. The van der Waals surface area contributed by atoms with E-state index in [1.165, 1.54) is 12.1 Å². The molecular formula is C16H26ClN3O5S. The van der Waals surface area contributed by atoms with Crippen LogP contribution in [0.2, 0.25) is 0 Å². The molecule has 1 aliphatic heterocycles. The summed E-state index contributed by atoms with van der Waals surface area (Å²) in [6.45, 7) is 5.65. The molecule has 0 spiro atoms. The Bertz CT molecular complexity index is 743. The van der Waals surface area contributed by atoms with E-state index in [2.05, 4.69) is 10.0 Å². The van der Waals surface area contributed by atoms with Crippen molar-refractivity contribution in [3.8, 4) is 0 Å². The summed E-state index contributed by atoms with van der Waals surface area (Å²) >= 11 is 0. The number of nitrogens with one attached hydrogen (secondary N) is 2. The van der Waals surface area contributed by atoms with Crippen molar-refractivity contribution in [2.45, 2.75) is 31.6 Å². The van der Waals surface area contributed by atoms with Crippen molar-refractivity contribution in [2.75, 3.05) is 33.4 Å². The third-order valence-corrected chi connectivity index (χ3v) is 6.24. The first-order valence-electron chi connectivity index (χ1n) is 8.16. The summed E-state index contributed by atoms with van der Waals surface area (Å²) in [4.78, 5) is 10.3. The van der Waals surface area contributed by atoms with Gasteiger partial charge in [0.15, 0.2) is 4.90 Å². The summed E-state index contributed by atoms with van der Waals surface area (Å²) in [5, 5.41) is 14.5. The van der Waals surface area contributed by atoms with Crippen molar-refractivity contribution in [1.29, 1.82) is 0 Å². The number of benzene rings is 1. The van der Waals surface area contributed by atoms with E-state index in [0.717, 1.165) is 25.9 Å². The molecule has 2 N–H and O–H groups in total. The van der Waals surface area contributed by atoms with E-state index >= 15 is 0 Å². The normalized spacial score (nSPS) is 16.7. The van der Waals surface area contributed by atoms with Crippen molar-refractivity contribution in [3.63, 3.8) is 0 Å². The fourth-order valence-corrected chi connectivity index (χ4v) is 4.49. The molecule has 1 aromatic rings. The predicted octanol–water partition coefficient (Wildman–Crippen LogP) is 1.93. The molecule has 0 unspecified atom stereocenters. The average Bonchev–Trinajstić information content (AvgIpc) is 2.56. The van der Waals surface area contributed by atoms with E-state index in [4.69, 9.17) is 4.74 Å². The second-order valence-electron chi connectivity index (χ2n) is 6.67. The van der Waals surface area contributed by atoms with Gasteiger partial charge in [-0.25, -0.2) is 13.1 Å². The van der Waals surface area contributed by atoms with Crippen LogP contribution in [0.5, 0.6) is 0 Å². The van der Waals surface area contributed by atoms with Crippen molar-refractivity contribution >= 4 is 28.1 Å². The number of piperidine rings is 1. The standard InChI is InChI=1S/C16H25N3O5S.ClH/c1-12-8-14(19(20)21)15(9-13(12)2)25(22,23)18-10-16(11-24-3)4-6-17-7-5-16;/h8-9,17-18H,4-7,10-11H2,1-3H3;1H. The van der Waals surface area contributed by atoms with Gasteiger partial charge in [0.05, 0.1) is 11.5 Å². The van der Waals surface area contributed by atoms with Gasteiger partial charge in [-0.3, -0.25) is 10.1 Å². The first-order valence-corrected chi connectivity index (χ1v) is 9.64. The maximum absolute atomic E-state index is 12.7. The first-order chi connectivity index (χ1) is 11.7. The number of nitro benzene ring substituents is 1. The number of aryl methyl sites for hydroxylation is 2. The number of nitrogens with zero attached hydrogens (tertiary/aromatic N) is 1. The molecule has 148 valence electrons. The molecule has 8 nitrogen and oxygen atoms in total. The molecular weight excluding hydrogens is 382 g/mol. The van der Waals surface area contributed by atoms with E-state index in [-0.39, 0.29) is 29.3 Å². The van der Waals surface area contributed by atoms with Gasteiger partial charge in [-0.1, -0.05) is 0 Å². The summed E-state index contributed by atoms with van der Waals surface area (Å²) in [6.07, 6.45) is 1.55. The lowest BCUT2D eigenvalue weighted by Crippen LogP contribution is -2.47. The Labute approximate surface area is 160 Å². The molecule has 2 rings (SSSR count). The predicted molar refractivity (Wildman–Crippen MR) is 101 cm³/mol. The minimum absolute atomic E-state index is 0. The van der Waals surface area contributed by atoms with Gasteiger partial charge >= 0.3 is 0 Å². The van der Waals surface area contributed by atoms with Crippen molar-refractivity contribution in [3.05, 3.63) is 33.4 Å². The number of nitro groups is 1. The van der Waals surface area contributed by atoms with Gasteiger partial charge in [0.2, 0.25) is 10.0 Å². The molecule has 26 heavy (non-hydrogen) atoms. The molecule has 0 bridgehead atoms. The van der Waals surface area contributed by atoms with Gasteiger partial charge in [-0.2, -0.15) is 0 Å². The fraction of sp³-hybridized carbons (Fsp3) is 0.625. The summed E-state index contributed by atoms with van der Waals surface area (Å²) in [5.74, 6) is 0. The van der Waals surface area contributed by atoms with Crippen molar-refractivity contribution < 1.29 is 18.1 Å². The molecule has 10 heteroatoms. The second kappa shape index (κ2) is 9.09. The minimum atomic E-state index is -4.00. The summed E-state index contributed by atoms with van der Waals surface area (Å²) in [7, 11) is -2.41. The molecule has 1 aliphatic rings. The Balaban J connectivity index is 0.00000338. The molecule has 0 amide bonds. The molecule has 0 radical (unpaired) electrons. The quantitative estimate of drug-likeness (QED) is 0.527. The molecule has 1 heterocycles. The number of sulfonamides is 1. The lowest BCUT2D eigenvalue weighted by Gasteiger charge is -2.37. The van der Waals surface area contributed by atoms with Gasteiger partial charge < -0.3 is 10.1 Å². The molecule has 0 atom stereocenters. The summed E-state index contributed by atoms with van der Waals surface area (Å²) in [6, 6.07) is 2.67. The molecule has 1 fully saturated rings. The third kappa shape index (κ3) is 5.14. The molecule has 0 aromatic heterocycles. The van der Waals surface area contributed by atoms with Crippen LogP contribution in [-0.4, -0.2) is 46.7 Å². The van der Waals surface area contributed by atoms with Crippen LogP contribution in [0.4, 0.5) is 5.69 Å². The first kappa shape index (κ1) is 22.8. The van der Waals surface area contributed by atoms with Crippen LogP contribution >= 0.6 is 12.4 Å². The van der Waals surface area contributed by atoms with E-state index in [9.17, 15) is 18.5 Å². The maximum atomic E-state index is 12.7. The highest BCUT2D eigenvalue weighted by molar-refractivity contribution is 7.89. The van der Waals surface area contributed by atoms with Crippen LogP contribution < -0.4 is 10.0 Å². The highest BCUT2D eigenvalue weighted by atomic mass is 35.5. The van der Waals surface area contributed by atoms with Crippen molar-refractivity contribution in [1.82, 2.24) is 10.0 Å². The summed E-state index contributed by atoms with van der Waals surface area (Å²) in [5.41, 5.74) is 0.669. The lowest BCUT2D eigenvalue weighted by molar-refractivity contribution is -0.387. The number of hydrogen-bond acceptors (Lipinski definition) is 6. The highest BCUT2D eigenvalue weighted by Gasteiger charge is 2.35. The Morgan fingerprint density at radius 2 is 1.85 bits per heavy atom. The smallest absolute Gasteiger partial charge is 0.289 e. The van der Waals surface area contributed by atoms with Gasteiger partial charge in [0.1, 0.15) is 0 Å². The van der Waals surface area contributed by atoms with Crippen LogP contribution in [0.25, 0.3) is 0 Å². The Hall–Kier alpha value is -1.26. The van der Waals surface area contributed by atoms with E-state index in [1.807, 2.05) is 0 Å². The van der Waals surface area contributed by atoms with Gasteiger partial charge in [0.25, 0.3) is 5.69 Å².